The summed E-state index contributed by atoms with van der Waals surface area (Å²) >= 11 is 0. The molecule has 2 N–H and O–H groups in total. The maximum absolute atomic E-state index is 12.8. The average Bonchev–Trinajstić information content (AvgIpc) is 3.09. The van der Waals surface area contributed by atoms with Crippen molar-refractivity contribution in [1.82, 2.24) is 5.32 Å². The molecule has 0 aliphatic heterocycles. The van der Waals surface area contributed by atoms with Crippen LogP contribution in [0.4, 0.5) is 0 Å². The normalized spacial score (nSPS) is 14.7. The van der Waals surface area contributed by atoms with Crippen molar-refractivity contribution in [1.29, 1.82) is 0 Å². The average molecular weight is 757 g/mol. The van der Waals surface area contributed by atoms with Gasteiger partial charge in [0.05, 0.1) is 39.9 Å². The van der Waals surface area contributed by atoms with Crippen molar-refractivity contribution in [2.45, 2.75) is 206 Å². The summed E-state index contributed by atoms with van der Waals surface area (Å²) in [6.45, 7) is 4.62. The Kier molecular flexibility index (Phi) is 35.0. The molecule has 0 saturated heterocycles. The third-order valence-electron chi connectivity index (χ3n) is 9.66. The van der Waals surface area contributed by atoms with E-state index < -0.39 is 20.0 Å². The number of hydrogen-bond acceptors (Lipinski definition) is 6. The van der Waals surface area contributed by atoms with E-state index in [0.717, 1.165) is 38.5 Å². The maximum Gasteiger partial charge on any atom is 0.268 e. The molecule has 52 heavy (non-hydrogen) atoms. The number of carbonyl (C=O) groups is 1. The molecule has 3 atom stereocenters. The largest absolute Gasteiger partial charge is 0.756 e. The lowest BCUT2D eigenvalue weighted by atomic mass is 10.0. The predicted octanol–water partition coefficient (Wildman–Crippen LogP) is 11.1. The first kappa shape index (κ1) is 51.0. The number of phosphoric acid groups is 1. The van der Waals surface area contributed by atoms with Crippen molar-refractivity contribution >= 4 is 13.7 Å². The van der Waals surface area contributed by atoms with Gasteiger partial charge in [0, 0.05) is 6.42 Å². The van der Waals surface area contributed by atoms with Crippen LogP contribution in [0.3, 0.4) is 0 Å². The summed E-state index contributed by atoms with van der Waals surface area (Å²) in [5.74, 6) is -0.201. The van der Waals surface area contributed by atoms with Crippen molar-refractivity contribution in [2.24, 2.45) is 0 Å². The van der Waals surface area contributed by atoms with E-state index in [2.05, 4.69) is 31.3 Å². The highest BCUT2D eigenvalue weighted by Gasteiger charge is 2.23. The number of allylic oxidation sites excluding steroid dienone is 3. The van der Waals surface area contributed by atoms with Crippen LogP contribution in [-0.4, -0.2) is 68.5 Å². The summed E-state index contributed by atoms with van der Waals surface area (Å²) in [7, 11) is 1.26. The van der Waals surface area contributed by atoms with Crippen molar-refractivity contribution in [3.8, 4) is 0 Å². The number of aliphatic hydroxyl groups excluding tert-OH is 1. The van der Waals surface area contributed by atoms with E-state index in [1.165, 1.54) is 135 Å². The molecule has 0 rings (SSSR count). The van der Waals surface area contributed by atoms with Gasteiger partial charge in [0.2, 0.25) is 5.91 Å². The quantitative estimate of drug-likeness (QED) is 0.0280. The van der Waals surface area contributed by atoms with Gasteiger partial charge in [0.1, 0.15) is 13.2 Å². The van der Waals surface area contributed by atoms with E-state index in [-0.39, 0.29) is 19.1 Å². The molecule has 308 valence electrons. The van der Waals surface area contributed by atoms with E-state index in [4.69, 9.17) is 9.05 Å². The van der Waals surface area contributed by atoms with Gasteiger partial charge in [-0.25, -0.2) is 0 Å². The van der Waals surface area contributed by atoms with E-state index in [9.17, 15) is 19.4 Å². The number of phosphoric ester groups is 1. The Bertz CT molecular complexity index is 907. The molecule has 0 bridgehead atoms. The molecule has 0 aromatic heterocycles. The number of nitrogens with one attached hydrogen (secondary N) is 1. The van der Waals surface area contributed by atoms with Gasteiger partial charge >= 0.3 is 0 Å². The summed E-state index contributed by atoms with van der Waals surface area (Å²) in [6.07, 6.45) is 40.8. The minimum Gasteiger partial charge on any atom is -0.756 e. The molecule has 9 heteroatoms. The number of likely N-dealkylation sites (N-methyl/N-ethyl adjacent to an activating group) is 1. The van der Waals surface area contributed by atoms with Crippen molar-refractivity contribution < 1.29 is 32.9 Å². The van der Waals surface area contributed by atoms with Crippen molar-refractivity contribution in [3.63, 3.8) is 0 Å². The maximum atomic E-state index is 12.8. The van der Waals surface area contributed by atoms with Gasteiger partial charge in [-0.1, -0.05) is 167 Å². The molecule has 0 spiro atoms. The first-order valence-corrected chi connectivity index (χ1v) is 23.2. The number of unbranched alkanes of at least 4 members (excludes halogenated alkanes) is 24. The number of quaternary nitrogens is 1. The summed E-state index contributed by atoms with van der Waals surface area (Å²) in [6, 6.07) is -0.882. The van der Waals surface area contributed by atoms with E-state index in [0.29, 0.717) is 17.4 Å². The van der Waals surface area contributed by atoms with Crippen LogP contribution in [-0.2, 0) is 18.4 Å². The Morgan fingerprint density at radius 1 is 0.654 bits per heavy atom. The zero-order valence-corrected chi connectivity index (χ0v) is 35.7. The topological polar surface area (TPSA) is 108 Å². The Morgan fingerprint density at radius 3 is 1.50 bits per heavy atom. The van der Waals surface area contributed by atoms with Gasteiger partial charge < -0.3 is 28.8 Å². The molecule has 0 aliphatic carbocycles. The van der Waals surface area contributed by atoms with Crippen LogP contribution in [0.2, 0.25) is 0 Å². The summed E-state index contributed by atoms with van der Waals surface area (Å²) < 4.78 is 23.1. The fourth-order valence-electron chi connectivity index (χ4n) is 6.15. The van der Waals surface area contributed by atoms with Crippen molar-refractivity contribution in [3.05, 3.63) is 24.3 Å². The van der Waals surface area contributed by atoms with E-state index in [1.54, 1.807) is 6.08 Å². The lowest BCUT2D eigenvalue weighted by Crippen LogP contribution is -2.45. The van der Waals surface area contributed by atoms with Gasteiger partial charge in [0.15, 0.2) is 0 Å². The molecular formula is C43H85N2O6P. The molecule has 0 heterocycles. The molecule has 0 aliphatic rings. The van der Waals surface area contributed by atoms with Crippen LogP contribution >= 0.6 is 7.82 Å². The first-order valence-electron chi connectivity index (χ1n) is 21.7. The standard InChI is InChI=1S/C43H85N2O6P/c1-6-8-10-12-14-16-18-19-20-21-22-23-24-25-27-29-31-33-35-37-43(47)44-41(40-51-52(48,49)50-39-38-45(3,4)5)42(46)36-34-32-30-28-26-17-15-13-11-9-7-2/h19-20,34,36,41-42,46H,6-18,21-33,35,37-40H2,1-5H3,(H-,44,47,48,49)/b20-19-,36-34+. The minimum atomic E-state index is -4.58. The fraction of sp³-hybridized carbons (Fsp3) is 0.884. The first-order chi connectivity index (χ1) is 25.0. The molecule has 8 nitrogen and oxygen atoms in total. The Labute approximate surface area is 322 Å². The number of rotatable bonds is 39. The smallest absolute Gasteiger partial charge is 0.268 e. The molecule has 0 saturated carbocycles. The third-order valence-corrected chi connectivity index (χ3v) is 10.6. The second-order valence-electron chi connectivity index (χ2n) is 16.0. The number of aliphatic hydroxyl groups is 1. The van der Waals surface area contributed by atoms with Crippen molar-refractivity contribution in [2.75, 3.05) is 40.9 Å². The fourth-order valence-corrected chi connectivity index (χ4v) is 6.87. The molecule has 1 amide bonds. The number of nitrogens with zero attached hydrogens (tertiary/aromatic N) is 1. The molecular weight excluding hydrogens is 671 g/mol. The Hall–Kier alpha value is -1.02. The summed E-state index contributed by atoms with van der Waals surface area (Å²) in [5.41, 5.74) is 0. The van der Waals surface area contributed by atoms with E-state index >= 15 is 0 Å². The van der Waals surface area contributed by atoms with Crippen LogP contribution < -0.4 is 10.2 Å². The highest BCUT2D eigenvalue weighted by Crippen LogP contribution is 2.38. The summed E-state index contributed by atoms with van der Waals surface area (Å²) in [5, 5.41) is 13.7. The van der Waals surface area contributed by atoms with E-state index in [1.807, 2.05) is 27.2 Å². The lowest BCUT2D eigenvalue weighted by Gasteiger charge is -2.29. The Balaban J connectivity index is 4.36. The second kappa shape index (κ2) is 35.7. The van der Waals surface area contributed by atoms with Crippen LogP contribution in [0.15, 0.2) is 24.3 Å². The minimum absolute atomic E-state index is 0.000498. The monoisotopic (exact) mass is 757 g/mol. The molecule has 0 aromatic carbocycles. The number of amides is 1. The van der Waals surface area contributed by atoms with Gasteiger partial charge in [-0.3, -0.25) is 9.36 Å². The third kappa shape index (κ3) is 37.3. The predicted molar refractivity (Wildman–Crippen MR) is 219 cm³/mol. The zero-order valence-electron chi connectivity index (χ0n) is 34.8. The van der Waals surface area contributed by atoms with Gasteiger partial charge in [-0.15, -0.1) is 0 Å². The lowest BCUT2D eigenvalue weighted by molar-refractivity contribution is -0.870. The summed E-state index contributed by atoms with van der Waals surface area (Å²) in [4.78, 5) is 25.2. The van der Waals surface area contributed by atoms with Crippen LogP contribution in [0.5, 0.6) is 0 Å². The van der Waals surface area contributed by atoms with Gasteiger partial charge in [-0.05, 0) is 44.9 Å². The molecule has 0 fully saturated rings. The van der Waals surface area contributed by atoms with Gasteiger partial charge in [0.25, 0.3) is 7.82 Å². The SMILES string of the molecule is CCCCCCCC/C=C\CCCCCCCCCCCC(=O)NC(COP(=O)([O-])OCC[N+](C)(C)C)C(O)/C=C/CCCCCCCCCCC. The molecule has 0 aromatic rings. The number of hydrogen-bond donors (Lipinski definition) is 2. The molecule has 0 radical (unpaired) electrons. The van der Waals surface area contributed by atoms with Crippen LogP contribution in [0, 0.1) is 0 Å². The molecule has 3 unspecified atom stereocenters. The zero-order chi connectivity index (χ0) is 38.6. The number of carbonyl (C=O) groups excluding carboxylic acids is 1. The van der Waals surface area contributed by atoms with Gasteiger partial charge in [-0.2, -0.15) is 0 Å². The second-order valence-corrected chi connectivity index (χ2v) is 17.5. The highest BCUT2D eigenvalue weighted by atomic mass is 31.2. The van der Waals surface area contributed by atoms with Crippen LogP contribution in [0.1, 0.15) is 194 Å². The Morgan fingerprint density at radius 2 is 1.06 bits per heavy atom. The highest BCUT2D eigenvalue weighted by molar-refractivity contribution is 7.45. The van der Waals surface area contributed by atoms with Crippen LogP contribution in [0.25, 0.3) is 0 Å².